The Bertz CT molecular complexity index is 950. The predicted octanol–water partition coefficient (Wildman–Crippen LogP) is 4.37. The number of nitrogens with one attached hydrogen (secondary N) is 3. The number of rotatable bonds is 5. The molecule has 0 radical (unpaired) electrons. The van der Waals surface area contributed by atoms with Crippen LogP contribution in [-0.2, 0) is 9.59 Å². The van der Waals surface area contributed by atoms with Gasteiger partial charge in [-0.2, -0.15) is 5.10 Å². The zero-order valence-electron chi connectivity index (χ0n) is 16.6. The molecular formula is C22H24ClFN4O2. The van der Waals surface area contributed by atoms with Crippen molar-refractivity contribution in [3.8, 4) is 0 Å². The number of benzene rings is 2. The summed E-state index contributed by atoms with van der Waals surface area (Å²) in [5.41, 5.74) is 3.59. The number of hydrogen-bond donors (Lipinski definition) is 3. The molecule has 2 amide bonds. The minimum absolute atomic E-state index is 0.00508. The van der Waals surface area contributed by atoms with Crippen LogP contribution >= 0.6 is 11.6 Å². The van der Waals surface area contributed by atoms with Gasteiger partial charge >= 0.3 is 11.8 Å². The van der Waals surface area contributed by atoms with E-state index in [1.165, 1.54) is 12.3 Å². The van der Waals surface area contributed by atoms with Crippen LogP contribution in [-0.4, -0.2) is 24.1 Å². The third-order valence-corrected chi connectivity index (χ3v) is 5.40. The van der Waals surface area contributed by atoms with Crippen LogP contribution in [0.3, 0.4) is 0 Å². The molecule has 8 heteroatoms. The Labute approximate surface area is 179 Å². The lowest BCUT2D eigenvalue weighted by molar-refractivity contribution is -0.139. The summed E-state index contributed by atoms with van der Waals surface area (Å²) in [4.78, 5) is 24.2. The van der Waals surface area contributed by atoms with Crippen molar-refractivity contribution in [2.24, 2.45) is 11.0 Å². The Morgan fingerprint density at radius 1 is 1.10 bits per heavy atom. The van der Waals surface area contributed by atoms with Gasteiger partial charge in [0, 0.05) is 22.3 Å². The molecule has 1 aliphatic carbocycles. The van der Waals surface area contributed by atoms with Crippen LogP contribution < -0.4 is 16.1 Å². The molecule has 0 saturated heterocycles. The Balaban J connectivity index is 1.64. The summed E-state index contributed by atoms with van der Waals surface area (Å²) in [5.74, 6) is -1.61. The number of nitrogens with zero attached hydrogens (tertiary/aromatic N) is 1. The van der Waals surface area contributed by atoms with E-state index in [1.54, 1.807) is 36.4 Å². The Morgan fingerprint density at radius 2 is 1.87 bits per heavy atom. The van der Waals surface area contributed by atoms with Gasteiger partial charge in [-0.05, 0) is 49.1 Å². The number of amides is 2. The van der Waals surface area contributed by atoms with E-state index >= 15 is 0 Å². The van der Waals surface area contributed by atoms with Gasteiger partial charge in [-0.25, -0.2) is 9.82 Å². The molecule has 1 saturated carbocycles. The summed E-state index contributed by atoms with van der Waals surface area (Å²) < 4.78 is 13.9. The van der Waals surface area contributed by atoms with E-state index in [4.69, 9.17) is 11.6 Å². The fourth-order valence-electron chi connectivity index (χ4n) is 3.44. The molecule has 0 spiro atoms. The van der Waals surface area contributed by atoms with E-state index in [0.29, 0.717) is 27.9 Å². The van der Waals surface area contributed by atoms with Crippen molar-refractivity contribution < 1.29 is 14.0 Å². The van der Waals surface area contributed by atoms with Crippen LogP contribution in [0.2, 0.25) is 5.02 Å². The van der Waals surface area contributed by atoms with Gasteiger partial charge in [0.1, 0.15) is 5.82 Å². The predicted molar refractivity (Wildman–Crippen MR) is 116 cm³/mol. The van der Waals surface area contributed by atoms with Gasteiger partial charge in [0.15, 0.2) is 0 Å². The van der Waals surface area contributed by atoms with Gasteiger partial charge in [-0.1, -0.05) is 43.5 Å². The quantitative estimate of drug-likeness (QED) is 0.374. The van der Waals surface area contributed by atoms with Gasteiger partial charge in [-0.3, -0.25) is 9.59 Å². The van der Waals surface area contributed by atoms with Gasteiger partial charge < -0.3 is 10.6 Å². The molecule has 0 heterocycles. The standard InChI is InChI=1S/C22H24ClFN4O2/c1-14-6-2-4-8-18(14)27-21(29)22(30)28-25-13-15-12-16(23)10-11-19(15)26-20-9-5-3-7-17(20)24/h3,5,7,9-14,18,26H,2,4,6,8H2,1H3,(H,27,29)(H,28,30)/b25-13-/t14-,18-/m1/s1. The number of carbonyl (C=O) groups is 2. The molecule has 2 aromatic rings. The van der Waals surface area contributed by atoms with Gasteiger partial charge in [0.05, 0.1) is 11.9 Å². The summed E-state index contributed by atoms with van der Waals surface area (Å²) in [6.07, 6.45) is 5.45. The number of para-hydroxylation sites is 1. The summed E-state index contributed by atoms with van der Waals surface area (Å²) in [6, 6.07) is 11.2. The van der Waals surface area contributed by atoms with Crippen LogP contribution in [0.15, 0.2) is 47.6 Å². The molecule has 6 nitrogen and oxygen atoms in total. The largest absolute Gasteiger partial charge is 0.353 e. The van der Waals surface area contributed by atoms with Crippen LogP contribution in [0.5, 0.6) is 0 Å². The molecule has 2 atom stereocenters. The number of halogens is 2. The molecule has 0 aliphatic heterocycles. The van der Waals surface area contributed by atoms with Crippen LogP contribution in [0.4, 0.5) is 15.8 Å². The molecule has 158 valence electrons. The summed E-state index contributed by atoms with van der Waals surface area (Å²) in [7, 11) is 0. The maximum absolute atomic E-state index is 13.9. The first-order chi connectivity index (χ1) is 14.4. The third-order valence-electron chi connectivity index (χ3n) is 5.16. The molecule has 2 aromatic carbocycles. The SMILES string of the molecule is C[C@@H]1CCCC[C@H]1NC(=O)C(=O)N/N=C\c1cc(Cl)ccc1Nc1ccccc1F. The van der Waals surface area contributed by atoms with Gasteiger partial charge in [-0.15, -0.1) is 0 Å². The van der Waals surface area contributed by atoms with Crippen LogP contribution in [0.1, 0.15) is 38.2 Å². The first kappa shape index (κ1) is 21.8. The van der Waals surface area contributed by atoms with Crippen LogP contribution in [0.25, 0.3) is 0 Å². The van der Waals surface area contributed by atoms with Crippen molar-refractivity contribution in [1.82, 2.24) is 10.7 Å². The Hall–Kier alpha value is -2.93. The van der Waals surface area contributed by atoms with Crippen molar-refractivity contribution in [3.63, 3.8) is 0 Å². The monoisotopic (exact) mass is 430 g/mol. The van der Waals surface area contributed by atoms with E-state index < -0.39 is 17.6 Å². The minimum atomic E-state index is -0.838. The highest BCUT2D eigenvalue weighted by Crippen LogP contribution is 2.25. The molecule has 30 heavy (non-hydrogen) atoms. The number of carbonyl (C=O) groups excluding carboxylic acids is 2. The first-order valence-corrected chi connectivity index (χ1v) is 10.3. The molecule has 3 N–H and O–H groups in total. The molecule has 0 aromatic heterocycles. The zero-order chi connectivity index (χ0) is 21.5. The van der Waals surface area contributed by atoms with Gasteiger partial charge in [0.2, 0.25) is 0 Å². The summed E-state index contributed by atoms with van der Waals surface area (Å²) >= 11 is 6.05. The van der Waals surface area contributed by atoms with E-state index in [1.807, 2.05) is 0 Å². The van der Waals surface area contributed by atoms with E-state index in [2.05, 4.69) is 28.1 Å². The highest BCUT2D eigenvalue weighted by Gasteiger charge is 2.25. The molecule has 0 unspecified atom stereocenters. The van der Waals surface area contributed by atoms with Crippen molar-refractivity contribution in [2.75, 3.05) is 5.32 Å². The number of hydrogen-bond acceptors (Lipinski definition) is 4. The maximum Gasteiger partial charge on any atom is 0.329 e. The number of anilines is 2. The zero-order valence-corrected chi connectivity index (χ0v) is 17.4. The van der Waals surface area contributed by atoms with E-state index in [9.17, 15) is 14.0 Å². The highest BCUT2D eigenvalue weighted by molar-refractivity contribution is 6.35. The Morgan fingerprint density at radius 3 is 2.63 bits per heavy atom. The summed E-state index contributed by atoms with van der Waals surface area (Å²) in [5, 5.41) is 10.1. The summed E-state index contributed by atoms with van der Waals surface area (Å²) in [6.45, 7) is 2.07. The second-order valence-electron chi connectivity index (χ2n) is 7.38. The lowest BCUT2D eigenvalue weighted by atomic mass is 9.86. The molecule has 1 aliphatic rings. The van der Waals surface area contributed by atoms with Crippen LogP contribution in [0, 0.1) is 11.7 Å². The first-order valence-electron chi connectivity index (χ1n) is 9.89. The van der Waals surface area contributed by atoms with Gasteiger partial charge in [0.25, 0.3) is 0 Å². The second kappa shape index (κ2) is 10.2. The van der Waals surface area contributed by atoms with Crippen molar-refractivity contribution >= 4 is 41.0 Å². The lowest BCUT2D eigenvalue weighted by Gasteiger charge is -2.29. The second-order valence-corrected chi connectivity index (χ2v) is 7.81. The fraction of sp³-hybridized carbons (Fsp3) is 0.318. The average Bonchev–Trinajstić information content (AvgIpc) is 2.73. The molecular weight excluding hydrogens is 407 g/mol. The normalized spacial score (nSPS) is 18.8. The van der Waals surface area contributed by atoms with Crippen molar-refractivity contribution in [1.29, 1.82) is 0 Å². The fourth-order valence-corrected chi connectivity index (χ4v) is 3.62. The van der Waals surface area contributed by atoms with E-state index in [0.717, 1.165) is 25.7 Å². The maximum atomic E-state index is 13.9. The van der Waals surface area contributed by atoms with Crippen molar-refractivity contribution in [2.45, 2.75) is 38.6 Å². The molecule has 3 rings (SSSR count). The third kappa shape index (κ3) is 5.79. The Kier molecular flexibility index (Phi) is 7.41. The van der Waals surface area contributed by atoms with Crippen molar-refractivity contribution in [3.05, 3.63) is 58.9 Å². The molecule has 1 fully saturated rings. The number of hydrazone groups is 1. The smallest absolute Gasteiger partial charge is 0.329 e. The molecule has 0 bridgehead atoms. The average molecular weight is 431 g/mol. The van der Waals surface area contributed by atoms with E-state index in [-0.39, 0.29) is 6.04 Å². The highest BCUT2D eigenvalue weighted by atomic mass is 35.5. The topological polar surface area (TPSA) is 82.6 Å². The minimum Gasteiger partial charge on any atom is -0.353 e. The lowest BCUT2D eigenvalue weighted by Crippen LogP contribution is -2.46.